The highest BCUT2D eigenvalue weighted by Crippen LogP contribution is 2.31. The molecule has 0 saturated heterocycles. The lowest BCUT2D eigenvalue weighted by atomic mass is 9.80. The average Bonchev–Trinajstić information content (AvgIpc) is 2.15. The zero-order chi connectivity index (χ0) is 11.5. The van der Waals surface area contributed by atoms with E-state index in [9.17, 15) is 0 Å². The number of nitrogens with two attached hydrogens (primary N) is 1. The van der Waals surface area contributed by atoms with Gasteiger partial charge in [0.1, 0.15) is 0 Å². The van der Waals surface area contributed by atoms with Crippen LogP contribution in [0.5, 0.6) is 0 Å². The van der Waals surface area contributed by atoms with Gasteiger partial charge >= 0.3 is 0 Å². The Kier molecular flexibility index (Phi) is 4.18. The van der Waals surface area contributed by atoms with Gasteiger partial charge in [0.2, 0.25) is 0 Å². The summed E-state index contributed by atoms with van der Waals surface area (Å²) >= 11 is 0. The molecule has 0 aromatic rings. The molecular weight excluding hydrogens is 184 g/mol. The van der Waals surface area contributed by atoms with Crippen LogP contribution < -0.4 is 5.73 Å². The Morgan fingerprint density at radius 1 is 1.20 bits per heavy atom. The zero-order valence-corrected chi connectivity index (χ0v) is 10.7. The van der Waals surface area contributed by atoms with E-state index >= 15 is 0 Å². The minimum Gasteiger partial charge on any atom is -0.387 e. The summed E-state index contributed by atoms with van der Waals surface area (Å²) in [6.45, 7) is 8.62. The highest BCUT2D eigenvalue weighted by molar-refractivity contribution is 5.83. The number of hydrogen-bond acceptors (Lipinski definition) is 1. The molecule has 1 rings (SSSR count). The number of amidine groups is 1. The van der Waals surface area contributed by atoms with Crippen molar-refractivity contribution in [2.75, 3.05) is 0 Å². The fourth-order valence-electron chi connectivity index (χ4n) is 2.35. The van der Waals surface area contributed by atoms with Crippen LogP contribution in [0.4, 0.5) is 0 Å². The van der Waals surface area contributed by atoms with Crippen LogP contribution in [0.25, 0.3) is 0 Å². The zero-order valence-electron chi connectivity index (χ0n) is 10.7. The largest absolute Gasteiger partial charge is 0.387 e. The summed E-state index contributed by atoms with van der Waals surface area (Å²) in [7, 11) is 0. The molecule has 1 aliphatic rings. The van der Waals surface area contributed by atoms with Crippen molar-refractivity contribution in [2.45, 2.75) is 65.3 Å². The molecule has 1 saturated carbocycles. The van der Waals surface area contributed by atoms with E-state index in [2.05, 4.69) is 32.7 Å². The lowest BCUT2D eigenvalue weighted by Gasteiger charge is -2.28. The molecule has 0 aromatic carbocycles. The first-order valence-electron chi connectivity index (χ1n) is 6.27. The number of nitrogens with zero attached hydrogens (tertiary/aromatic N) is 1. The van der Waals surface area contributed by atoms with E-state index < -0.39 is 0 Å². The molecule has 2 heteroatoms. The lowest BCUT2D eigenvalue weighted by molar-refractivity contribution is 0.312. The van der Waals surface area contributed by atoms with Crippen molar-refractivity contribution in [2.24, 2.45) is 22.6 Å². The predicted octanol–water partition coefficient (Wildman–Crippen LogP) is 3.36. The first kappa shape index (κ1) is 12.5. The number of rotatable bonds is 2. The minimum absolute atomic E-state index is 0.0221. The standard InChI is InChI=1S/C13H26N2/c1-5-10-6-8-11(9-7-10)12(14)15-13(2,3)4/h10-11H,5-9H2,1-4H3,(H2,14,15). The Labute approximate surface area is 94.3 Å². The monoisotopic (exact) mass is 210 g/mol. The minimum atomic E-state index is -0.0221. The maximum Gasteiger partial charge on any atom is 0.0974 e. The van der Waals surface area contributed by atoms with Crippen molar-refractivity contribution >= 4 is 5.84 Å². The molecule has 2 nitrogen and oxygen atoms in total. The molecule has 88 valence electrons. The van der Waals surface area contributed by atoms with Crippen molar-refractivity contribution in [3.8, 4) is 0 Å². The van der Waals surface area contributed by atoms with Gasteiger partial charge < -0.3 is 5.73 Å². The number of hydrogen-bond donors (Lipinski definition) is 1. The van der Waals surface area contributed by atoms with Crippen LogP contribution in [0.3, 0.4) is 0 Å². The molecule has 0 radical (unpaired) electrons. The molecule has 0 heterocycles. The second-order valence-corrected chi connectivity index (χ2v) is 5.83. The molecule has 0 unspecified atom stereocenters. The molecule has 0 atom stereocenters. The maximum atomic E-state index is 6.07. The second-order valence-electron chi connectivity index (χ2n) is 5.83. The topological polar surface area (TPSA) is 38.4 Å². The fraction of sp³-hybridized carbons (Fsp3) is 0.923. The Hall–Kier alpha value is -0.530. The molecule has 1 fully saturated rings. The third kappa shape index (κ3) is 4.23. The van der Waals surface area contributed by atoms with Gasteiger partial charge in [-0.1, -0.05) is 13.3 Å². The van der Waals surface area contributed by atoms with E-state index in [1.54, 1.807) is 0 Å². The highest BCUT2D eigenvalue weighted by atomic mass is 14.9. The first-order chi connectivity index (χ1) is 6.92. The van der Waals surface area contributed by atoms with Gasteiger partial charge in [-0.3, -0.25) is 4.99 Å². The molecule has 1 aliphatic carbocycles. The van der Waals surface area contributed by atoms with Gasteiger partial charge in [-0.15, -0.1) is 0 Å². The summed E-state index contributed by atoms with van der Waals surface area (Å²) in [6.07, 6.45) is 6.47. The van der Waals surface area contributed by atoms with E-state index in [1.165, 1.54) is 32.1 Å². The van der Waals surface area contributed by atoms with Crippen LogP contribution in [-0.2, 0) is 0 Å². The van der Waals surface area contributed by atoms with Gasteiger partial charge in [0.05, 0.1) is 11.4 Å². The van der Waals surface area contributed by atoms with Crippen molar-refractivity contribution in [1.82, 2.24) is 0 Å². The molecule has 0 aromatic heterocycles. The first-order valence-corrected chi connectivity index (χ1v) is 6.27. The van der Waals surface area contributed by atoms with E-state index in [4.69, 9.17) is 5.73 Å². The normalized spacial score (nSPS) is 29.2. The van der Waals surface area contributed by atoms with E-state index in [0.29, 0.717) is 5.92 Å². The highest BCUT2D eigenvalue weighted by Gasteiger charge is 2.23. The maximum absolute atomic E-state index is 6.07. The van der Waals surface area contributed by atoms with Crippen LogP contribution in [0.15, 0.2) is 4.99 Å². The Bertz CT molecular complexity index is 217. The van der Waals surface area contributed by atoms with Crippen LogP contribution in [0.1, 0.15) is 59.8 Å². The molecule has 0 spiro atoms. The third-order valence-corrected chi connectivity index (χ3v) is 3.31. The fourth-order valence-corrected chi connectivity index (χ4v) is 2.35. The summed E-state index contributed by atoms with van der Waals surface area (Å²) in [6, 6.07) is 0. The summed E-state index contributed by atoms with van der Waals surface area (Å²) in [4.78, 5) is 4.58. The van der Waals surface area contributed by atoms with Crippen LogP contribution in [-0.4, -0.2) is 11.4 Å². The molecule has 0 bridgehead atoms. The Morgan fingerprint density at radius 2 is 1.73 bits per heavy atom. The molecule has 0 amide bonds. The number of aliphatic imine (C=N–C) groups is 1. The summed E-state index contributed by atoms with van der Waals surface area (Å²) < 4.78 is 0. The Balaban J connectivity index is 2.50. The summed E-state index contributed by atoms with van der Waals surface area (Å²) in [5.74, 6) is 2.37. The molecule has 15 heavy (non-hydrogen) atoms. The van der Waals surface area contributed by atoms with Crippen LogP contribution in [0.2, 0.25) is 0 Å². The molecule has 2 N–H and O–H groups in total. The van der Waals surface area contributed by atoms with Crippen molar-refractivity contribution in [3.05, 3.63) is 0 Å². The predicted molar refractivity (Wildman–Crippen MR) is 67.1 cm³/mol. The molecular formula is C13H26N2. The average molecular weight is 210 g/mol. The van der Waals surface area contributed by atoms with E-state index in [-0.39, 0.29) is 5.54 Å². The molecule has 0 aliphatic heterocycles. The van der Waals surface area contributed by atoms with E-state index in [0.717, 1.165) is 11.8 Å². The summed E-state index contributed by atoms with van der Waals surface area (Å²) in [5, 5.41) is 0. The van der Waals surface area contributed by atoms with Gasteiger partial charge in [-0.25, -0.2) is 0 Å². The lowest BCUT2D eigenvalue weighted by Crippen LogP contribution is -2.30. The Morgan fingerprint density at radius 3 is 2.13 bits per heavy atom. The van der Waals surface area contributed by atoms with Gasteiger partial charge in [0.25, 0.3) is 0 Å². The van der Waals surface area contributed by atoms with Gasteiger partial charge in [0.15, 0.2) is 0 Å². The van der Waals surface area contributed by atoms with Gasteiger partial charge in [-0.2, -0.15) is 0 Å². The van der Waals surface area contributed by atoms with Crippen molar-refractivity contribution in [3.63, 3.8) is 0 Å². The van der Waals surface area contributed by atoms with Gasteiger partial charge in [-0.05, 0) is 52.4 Å². The van der Waals surface area contributed by atoms with E-state index in [1.807, 2.05) is 0 Å². The van der Waals surface area contributed by atoms with Gasteiger partial charge in [0, 0.05) is 5.92 Å². The van der Waals surface area contributed by atoms with Crippen molar-refractivity contribution in [1.29, 1.82) is 0 Å². The van der Waals surface area contributed by atoms with Crippen LogP contribution in [0, 0.1) is 11.8 Å². The van der Waals surface area contributed by atoms with Crippen molar-refractivity contribution < 1.29 is 0 Å². The second kappa shape index (κ2) is 5.00. The smallest absolute Gasteiger partial charge is 0.0974 e. The van der Waals surface area contributed by atoms with Crippen LogP contribution >= 0.6 is 0 Å². The summed E-state index contributed by atoms with van der Waals surface area (Å²) in [5.41, 5.74) is 6.05. The third-order valence-electron chi connectivity index (χ3n) is 3.31. The quantitative estimate of drug-likeness (QED) is 0.551. The SMILES string of the molecule is CCC1CCC(C(N)=NC(C)(C)C)CC1.